The van der Waals surface area contributed by atoms with E-state index < -0.39 is 0 Å². The van der Waals surface area contributed by atoms with Crippen molar-refractivity contribution in [2.45, 2.75) is 32.4 Å². The number of urea groups is 1. The Kier molecular flexibility index (Phi) is 5.10. The molecule has 2 heterocycles. The lowest BCUT2D eigenvalue weighted by molar-refractivity contribution is 0.235. The maximum Gasteiger partial charge on any atom is 0.315 e. The molecular formula is C22H25N5O. The summed E-state index contributed by atoms with van der Waals surface area (Å²) in [5.74, 6) is 0.708. The van der Waals surface area contributed by atoms with Crippen molar-refractivity contribution in [3.05, 3.63) is 54.7 Å². The van der Waals surface area contributed by atoms with Gasteiger partial charge in [-0.2, -0.15) is 0 Å². The van der Waals surface area contributed by atoms with Gasteiger partial charge >= 0.3 is 6.03 Å². The van der Waals surface area contributed by atoms with E-state index in [0.717, 1.165) is 24.2 Å². The second kappa shape index (κ2) is 7.84. The zero-order chi connectivity index (χ0) is 19.5. The van der Waals surface area contributed by atoms with Gasteiger partial charge < -0.3 is 15.5 Å². The van der Waals surface area contributed by atoms with Crippen molar-refractivity contribution in [2.75, 3.05) is 18.0 Å². The summed E-state index contributed by atoms with van der Waals surface area (Å²) in [6, 6.07) is 16.7. The van der Waals surface area contributed by atoms with Crippen LogP contribution in [0.1, 0.15) is 20.3 Å². The van der Waals surface area contributed by atoms with Gasteiger partial charge in [0.1, 0.15) is 0 Å². The summed E-state index contributed by atoms with van der Waals surface area (Å²) in [5.41, 5.74) is 1.98. The zero-order valence-electron chi connectivity index (χ0n) is 16.2. The Labute approximate surface area is 165 Å². The highest BCUT2D eigenvalue weighted by atomic mass is 16.2. The molecule has 1 saturated heterocycles. The lowest BCUT2D eigenvalue weighted by Crippen LogP contribution is -2.45. The van der Waals surface area contributed by atoms with Crippen LogP contribution >= 0.6 is 0 Å². The van der Waals surface area contributed by atoms with Gasteiger partial charge in [0, 0.05) is 36.9 Å². The first kappa shape index (κ1) is 18.2. The van der Waals surface area contributed by atoms with E-state index in [9.17, 15) is 4.79 Å². The van der Waals surface area contributed by atoms with Crippen LogP contribution in [0.15, 0.2) is 54.7 Å². The molecule has 1 aromatic heterocycles. The highest BCUT2D eigenvalue weighted by molar-refractivity contribution is 5.86. The Morgan fingerprint density at radius 3 is 2.79 bits per heavy atom. The molecule has 2 aromatic carbocycles. The maximum absolute atomic E-state index is 11.9. The van der Waals surface area contributed by atoms with Gasteiger partial charge in [-0.3, -0.25) is 0 Å². The van der Waals surface area contributed by atoms with E-state index in [1.165, 1.54) is 10.8 Å². The molecule has 28 heavy (non-hydrogen) atoms. The molecule has 144 valence electrons. The Balaban J connectivity index is 1.48. The topological polar surface area (TPSA) is 70.2 Å². The molecule has 3 aromatic rings. The minimum atomic E-state index is -0.118. The van der Waals surface area contributed by atoms with Gasteiger partial charge in [0.2, 0.25) is 5.95 Å². The van der Waals surface area contributed by atoms with Gasteiger partial charge in [0.25, 0.3) is 0 Å². The minimum Gasteiger partial charge on any atom is -0.339 e. The number of rotatable bonds is 4. The summed E-state index contributed by atoms with van der Waals surface area (Å²) in [4.78, 5) is 23.3. The average Bonchev–Trinajstić information content (AvgIpc) is 3.15. The molecule has 1 aliphatic rings. The SMILES string of the molecule is CC(C)NC(=O)N[C@@H]1CCN(c2nccc(-c3ccc4ccccc4c3)n2)C1. The number of nitrogens with one attached hydrogen (secondary N) is 2. The molecule has 1 aliphatic heterocycles. The van der Waals surface area contributed by atoms with E-state index in [0.29, 0.717) is 12.5 Å². The lowest BCUT2D eigenvalue weighted by Gasteiger charge is -2.18. The lowest BCUT2D eigenvalue weighted by atomic mass is 10.1. The molecule has 4 rings (SSSR count). The summed E-state index contributed by atoms with van der Waals surface area (Å²) < 4.78 is 0. The van der Waals surface area contributed by atoms with Gasteiger partial charge in [0.05, 0.1) is 5.69 Å². The van der Waals surface area contributed by atoms with Crippen molar-refractivity contribution in [1.29, 1.82) is 0 Å². The third-order valence-electron chi connectivity index (χ3n) is 4.91. The zero-order valence-corrected chi connectivity index (χ0v) is 16.2. The van der Waals surface area contributed by atoms with E-state index in [2.05, 4.69) is 50.8 Å². The van der Waals surface area contributed by atoms with Crippen LogP contribution in [0.25, 0.3) is 22.0 Å². The first-order valence-corrected chi connectivity index (χ1v) is 9.73. The number of benzene rings is 2. The largest absolute Gasteiger partial charge is 0.339 e. The molecule has 0 aliphatic carbocycles. The Hall–Kier alpha value is -3.15. The standard InChI is InChI=1S/C22H25N5O/c1-15(2)24-22(28)25-19-10-12-27(14-19)21-23-11-9-20(26-21)18-8-7-16-5-3-4-6-17(16)13-18/h3-9,11,13,15,19H,10,12,14H2,1-2H3,(H2,24,25,28)/t19-/m1/s1. The van der Waals surface area contributed by atoms with Crippen molar-refractivity contribution in [3.8, 4) is 11.3 Å². The first-order valence-electron chi connectivity index (χ1n) is 9.73. The number of aromatic nitrogens is 2. The molecule has 1 atom stereocenters. The normalized spacial score (nSPS) is 16.5. The summed E-state index contributed by atoms with van der Waals surface area (Å²) in [6.07, 6.45) is 2.69. The molecular weight excluding hydrogens is 350 g/mol. The quantitative estimate of drug-likeness (QED) is 0.731. The molecule has 0 bridgehead atoms. The summed E-state index contributed by atoms with van der Waals surface area (Å²) in [5, 5.41) is 8.31. The number of carbonyl (C=O) groups is 1. The van der Waals surface area contributed by atoms with E-state index in [-0.39, 0.29) is 18.1 Å². The van der Waals surface area contributed by atoms with Crippen LogP contribution in [0.5, 0.6) is 0 Å². The second-order valence-electron chi connectivity index (χ2n) is 7.51. The van der Waals surface area contributed by atoms with Crippen LogP contribution in [0, 0.1) is 0 Å². The number of anilines is 1. The van der Waals surface area contributed by atoms with Crippen LogP contribution in [0.2, 0.25) is 0 Å². The van der Waals surface area contributed by atoms with Crippen molar-refractivity contribution in [1.82, 2.24) is 20.6 Å². The smallest absolute Gasteiger partial charge is 0.315 e. The number of hydrogen-bond acceptors (Lipinski definition) is 4. The monoisotopic (exact) mass is 375 g/mol. The van der Waals surface area contributed by atoms with Crippen molar-refractivity contribution in [2.24, 2.45) is 0 Å². The fraction of sp³-hybridized carbons (Fsp3) is 0.318. The van der Waals surface area contributed by atoms with Crippen LogP contribution in [-0.2, 0) is 0 Å². The van der Waals surface area contributed by atoms with Crippen LogP contribution in [-0.4, -0.2) is 41.2 Å². The number of nitrogens with zero attached hydrogens (tertiary/aromatic N) is 3. The molecule has 1 fully saturated rings. The maximum atomic E-state index is 11.9. The fourth-order valence-electron chi connectivity index (χ4n) is 3.56. The first-order chi connectivity index (χ1) is 13.6. The molecule has 0 radical (unpaired) electrons. The third-order valence-corrected chi connectivity index (χ3v) is 4.91. The number of hydrogen-bond donors (Lipinski definition) is 2. The summed E-state index contributed by atoms with van der Waals surface area (Å²) in [7, 11) is 0. The van der Waals surface area contributed by atoms with Crippen molar-refractivity contribution >= 4 is 22.8 Å². The predicted molar refractivity (Wildman–Crippen MR) is 112 cm³/mol. The predicted octanol–water partition coefficient (Wildman–Crippen LogP) is 3.58. The van der Waals surface area contributed by atoms with Gasteiger partial charge in [-0.15, -0.1) is 0 Å². The third kappa shape index (κ3) is 4.06. The van der Waals surface area contributed by atoms with E-state index in [1.807, 2.05) is 32.0 Å². The van der Waals surface area contributed by atoms with Gasteiger partial charge in [0.15, 0.2) is 0 Å². The highest BCUT2D eigenvalue weighted by Gasteiger charge is 2.26. The number of fused-ring (bicyclic) bond motifs is 1. The van der Waals surface area contributed by atoms with Crippen molar-refractivity contribution in [3.63, 3.8) is 0 Å². The van der Waals surface area contributed by atoms with Crippen molar-refractivity contribution < 1.29 is 4.79 Å². The van der Waals surface area contributed by atoms with E-state index >= 15 is 0 Å². The van der Waals surface area contributed by atoms with Gasteiger partial charge in [-0.1, -0.05) is 36.4 Å². The Bertz CT molecular complexity index is 987. The summed E-state index contributed by atoms with van der Waals surface area (Å²) >= 11 is 0. The Morgan fingerprint density at radius 1 is 1.14 bits per heavy atom. The van der Waals surface area contributed by atoms with Crippen LogP contribution in [0.3, 0.4) is 0 Å². The molecule has 0 unspecified atom stereocenters. The van der Waals surface area contributed by atoms with Gasteiger partial charge in [-0.25, -0.2) is 14.8 Å². The minimum absolute atomic E-state index is 0.103. The van der Waals surface area contributed by atoms with Crippen LogP contribution in [0.4, 0.5) is 10.7 Å². The molecule has 0 spiro atoms. The van der Waals surface area contributed by atoms with Crippen LogP contribution < -0.4 is 15.5 Å². The summed E-state index contributed by atoms with van der Waals surface area (Å²) in [6.45, 7) is 5.44. The van der Waals surface area contributed by atoms with Gasteiger partial charge in [-0.05, 0) is 43.2 Å². The highest BCUT2D eigenvalue weighted by Crippen LogP contribution is 2.25. The fourth-order valence-corrected chi connectivity index (χ4v) is 3.56. The van der Waals surface area contributed by atoms with E-state index in [4.69, 9.17) is 4.98 Å². The molecule has 2 N–H and O–H groups in total. The number of amides is 2. The second-order valence-corrected chi connectivity index (χ2v) is 7.51. The molecule has 6 nitrogen and oxygen atoms in total. The molecule has 0 saturated carbocycles. The molecule has 2 amide bonds. The number of carbonyl (C=O) groups excluding carboxylic acids is 1. The Morgan fingerprint density at radius 2 is 1.96 bits per heavy atom. The molecule has 6 heteroatoms. The van der Waals surface area contributed by atoms with E-state index in [1.54, 1.807) is 6.20 Å². The average molecular weight is 375 g/mol.